The van der Waals surface area contributed by atoms with Gasteiger partial charge < -0.3 is 9.47 Å². The number of carbonyl (C=O) groups excluding carboxylic acids is 1. The van der Waals surface area contributed by atoms with Gasteiger partial charge >= 0.3 is 5.97 Å². The number of ether oxygens (including phenoxy) is 2. The number of aryl methyl sites for hydroxylation is 1. The zero-order valence-corrected chi connectivity index (χ0v) is 12.4. The minimum Gasteiger partial charge on any atom is -0.497 e. The fourth-order valence-corrected chi connectivity index (χ4v) is 2.46. The third kappa shape index (κ3) is 3.24. The van der Waals surface area contributed by atoms with Crippen molar-refractivity contribution in [2.45, 2.75) is 6.92 Å². The van der Waals surface area contributed by atoms with Gasteiger partial charge in [-0.25, -0.2) is 9.78 Å². The topological polar surface area (TPSA) is 48.4 Å². The summed E-state index contributed by atoms with van der Waals surface area (Å²) in [4.78, 5) is 16.2. The van der Waals surface area contributed by atoms with Crippen LogP contribution in [0.3, 0.4) is 0 Å². The molecule has 0 saturated heterocycles. The number of benzene rings is 1. The van der Waals surface area contributed by atoms with E-state index in [1.165, 1.54) is 18.4 Å². The number of esters is 1. The first-order chi connectivity index (χ1) is 9.63. The van der Waals surface area contributed by atoms with Crippen LogP contribution in [-0.4, -0.2) is 25.2 Å². The van der Waals surface area contributed by atoms with Crippen LogP contribution < -0.4 is 4.74 Å². The lowest BCUT2D eigenvalue weighted by Crippen LogP contribution is -2.03. The molecule has 0 radical (unpaired) electrons. The Balaban J connectivity index is 2.39. The normalized spacial score (nSPS) is 11.2. The number of methoxy groups -OCH3 is 2. The van der Waals surface area contributed by atoms with Gasteiger partial charge in [0.25, 0.3) is 0 Å². The summed E-state index contributed by atoms with van der Waals surface area (Å²) in [5.41, 5.74) is 2.23. The lowest BCUT2D eigenvalue weighted by atomic mass is 10.1. The van der Waals surface area contributed by atoms with Crippen molar-refractivity contribution in [3.63, 3.8) is 0 Å². The molecule has 4 nitrogen and oxygen atoms in total. The third-order valence-electron chi connectivity index (χ3n) is 2.68. The van der Waals surface area contributed by atoms with Gasteiger partial charge in [0.15, 0.2) is 0 Å². The Morgan fingerprint density at radius 2 is 1.95 bits per heavy atom. The van der Waals surface area contributed by atoms with Crippen molar-refractivity contribution in [1.29, 1.82) is 0 Å². The van der Waals surface area contributed by atoms with Gasteiger partial charge in [0, 0.05) is 11.1 Å². The summed E-state index contributed by atoms with van der Waals surface area (Å²) < 4.78 is 9.94. The summed E-state index contributed by atoms with van der Waals surface area (Å²) in [5.74, 6) is 0.377. The molecule has 104 valence electrons. The number of hydrogen-bond acceptors (Lipinski definition) is 5. The van der Waals surface area contributed by atoms with Crippen LogP contribution in [0.1, 0.15) is 16.3 Å². The molecular weight excluding hydrogens is 274 g/mol. The largest absolute Gasteiger partial charge is 0.497 e. The maximum absolute atomic E-state index is 11.9. The molecule has 0 aliphatic rings. The maximum Gasteiger partial charge on any atom is 0.340 e. The molecule has 0 unspecified atom stereocenters. The van der Waals surface area contributed by atoms with E-state index >= 15 is 0 Å². The highest BCUT2D eigenvalue weighted by molar-refractivity contribution is 7.11. The van der Waals surface area contributed by atoms with E-state index in [9.17, 15) is 4.79 Å². The Hall–Kier alpha value is -2.14. The maximum atomic E-state index is 11.9. The quantitative estimate of drug-likeness (QED) is 0.640. The number of aromatic nitrogens is 1. The highest BCUT2D eigenvalue weighted by atomic mass is 32.1. The van der Waals surface area contributed by atoms with Crippen molar-refractivity contribution in [2.75, 3.05) is 14.2 Å². The SMILES string of the molecule is COC(=O)/C(=C\c1ccc(OC)cc1)c1nc(C)cs1. The molecule has 2 aromatic rings. The molecule has 0 atom stereocenters. The van der Waals surface area contributed by atoms with E-state index in [1.807, 2.05) is 36.6 Å². The molecule has 0 N–H and O–H groups in total. The molecule has 1 aromatic heterocycles. The Morgan fingerprint density at radius 3 is 2.45 bits per heavy atom. The van der Waals surface area contributed by atoms with Gasteiger partial charge in [0.05, 0.1) is 19.8 Å². The highest BCUT2D eigenvalue weighted by Crippen LogP contribution is 2.24. The summed E-state index contributed by atoms with van der Waals surface area (Å²) in [6.07, 6.45) is 1.77. The summed E-state index contributed by atoms with van der Waals surface area (Å²) in [6, 6.07) is 7.44. The van der Waals surface area contributed by atoms with E-state index in [1.54, 1.807) is 13.2 Å². The van der Waals surface area contributed by atoms with E-state index in [0.717, 1.165) is 17.0 Å². The van der Waals surface area contributed by atoms with Crippen LogP contribution in [0.5, 0.6) is 5.75 Å². The second-order valence-electron chi connectivity index (χ2n) is 4.12. The number of nitrogens with zero attached hydrogens (tertiary/aromatic N) is 1. The molecule has 0 amide bonds. The van der Waals surface area contributed by atoms with Crippen LogP contribution in [0, 0.1) is 6.92 Å². The molecule has 2 rings (SSSR count). The van der Waals surface area contributed by atoms with Gasteiger partial charge in [0.2, 0.25) is 0 Å². The first-order valence-corrected chi connectivity index (χ1v) is 6.88. The van der Waals surface area contributed by atoms with E-state index in [4.69, 9.17) is 9.47 Å². The van der Waals surface area contributed by atoms with Crippen molar-refractivity contribution in [3.8, 4) is 5.75 Å². The number of carbonyl (C=O) groups is 1. The standard InChI is InChI=1S/C15H15NO3S/c1-10-9-20-14(16-10)13(15(17)19-3)8-11-4-6-12(18-2)7-5-11/h4-9H,1-3H3/b13-8-. The van der Waals surface area contributed by atoms with Gasteiger partial charge in [0.1, 0.15) is 10.8 Å². The smallest absolute Gasteiger partial charge is 0.340 e. The summed E-state index contributed by atoms with van der Waals surface area (Å²) in [6.45, 7) is 1.89. The van der Waals surface area contributed by atoms with Crippen molar-refractivity contribution in [1.82, 2.24) is 4.98 Å². The lowest BCUT2D eigenvalue weighted by molar-refractivity contribution is -0.133. The molecule has 0 saturated carbocycles. The van der Waals surface area contributed by atoms with Gasteiger partial charge in [-0.3, -0.25) is 0 Å². The summed E-state index contributed by atoms with van der Waals surface area (Å²) in [7, 11) is 2.98. The minimum absolute atomic E-state index is 0.393. The van der Waals surface area contributed by atoms with E-state index in [2.05, 4.69) is 4.98 Å². The Kier molecular flexibility index (Phi) is 4.53. The molecule has 0 bridgehead atoms. The fourth-order valence-electron chi connectivity index (χ4n) is 1.66. The zero-order chi connectivity index (χ0) is 14.5. The molecule has 1 heterocycles. The van der Waals surface area contributed by atoms with Crippen LogP contribution in [0.15, 0.2) is 29.6 Å². The van der Waals surface area contributed by atoms with E-state index < -0.39 is 5.97 Å². The number of rotatable bonds is 4. The monoisotopic (exact) mass is 289 g/mol. The molecule has 20 heavy (non-hydrogen) atoms. The second-order valence-corrected chi connectivity index (χ2v) is 4.97. The first-order valence-electron chi connectivity index (χ1n) is 6.00. The predicted octanol–water partition coefficient (Wildman–Crippen LogP) is 3.17. The van der Waals surface area contributed by atoms with Crippen molar-refractivity contribution in [2.24, 2.45) is 0 Å². The minimum atomic E-state index is -0.393. The fraction of sp³-hybridized carbons (Fsp3) is 0.200. The Bertz CT molecular complexity index is 629. The van der Waals surface area contributed by atoms with Crippen LogP contribution in [0.2, 0.25) is 0 Å². The number of thiazole rings is 1. The van der Waals surface area contributed by atoms with Crippen LogP contribution in [0.4, 0.5) is 0 Å². The third-order valence-corrected chi connectivity index (χ3v) is 3.67. The average Bonchev–Trinajstić information content (AvgIpc) is 2.91. The van der Waals surface area contributed by atoms with Gasteiger partial charge in [-0.1, -0.05) is 12.1 Å². The zero-order valence-electron chi connectivity index (χ0n) is 11.5. The molecule has 0 fully saturated rings. The first kappa shape index (κ1) is 14.3. The van der Waals surface area contributed by atoms with Gasteiger partial charge in [-0.05, 0) is 30.7 Å². The van der Waals surface area contributed by atoms with Gasteiger partial charge in [-0.2, -0.15) is 0 Å². The highest BCUT2D eigenvalue weighted by Gasteiger charge is 2.15. The Labute approximate surface area is 121 Å². The average molecular weight is 289 g/mol. The van der Waals surface area contributed by atoms with Gasteiger partial charge in [-0.15, -0.1) is 11.3 Å². The van der Waals surface area contributed by atoms with Crippen LogP contribution >= 0.6 is 11.3 Å². The van der Waals surface area contributed by atoms with Crippen LogP contribution in [-0.2, 0) is 9.53 Å². The molecule has 0 spiro atoms. The number of hydrogen-bond donors (Lipinski definition) is 0. The molecule has 0 aliphatic carbocycles. The van der Waals surface area contributed by atoms with E-state index in [0.29, 0.717) is 10.6 Å². The molecule has 0 aliphatic heterocycles. The molecule has 1 aromatic carbocycles. The predicted molar refractivity (Wildman–Crippen MR) is 79.7 cm³/mol. The van der Waals surface area contributed by atoms with E-state index in [-0.39, 0.29) is 0 Å². The van der Waals surface area contributed by atoms with Crippen molar-refractivity contribution < 1.29 is 14.3 Å². The molecular formula is C15H15NO3S. The van der Waals surface area contributed by atoms with Crippen molar-refractivity contribution in [3.05, 3.63) is 45.9 Å². The van der Waals surface area contributed by atoms with Crippen molar-refractivity contribution >= 4 is 29.0 Å². The van der Waals surface area contributed by atoms with Crippen LogP contribution in [0.25, 0.3) is 11.6 Å². The lowest BCUT2D eigenvalue weighted by Gasteiger charge is -2.03. The second kappa shape index (κ2) is 6.34. The summed E-state index contributed by atoms with van der Waals surface area (Å²) >= 11 is 1.42. The Morgan fingerprint density at radius 1 is 1.25 bits per heavy atom. The summed E-state index contributed by atoms with van der Waals surface area (Å²) in [5, 5.41) is 2.56. The molecule has 5 heteroatoms.